The molecule has 5 nitrogen and oxygen atoms in total. The highest BCUT2D eigenvalue weighted by atomic mass is 19.1. The van der Waals surface area contributed by atoms with Crippen LogP contribution < -0.4 is 4.74 Å². The first-order chi connectivity index (χ1) is 13.5. The highest BCUT2D eigenvalue weighted by Crippen LogP contribution is 2.31. The number of nitrogens with zero attached hydrogens (tertiary/aromatic N) is 2. The van der Waals surface area contributed by atoms with Crippen LogP contribution in [0.2, 0.25) is 0 Å². The predicted molar refractivity (Wildman–Crippen MR) is 106 cm³/mol. The van der Waals surface area contributed by atoms with Crippen LogP contribution in [0.5, 0.6) is 5.75 Å². The molecule has 2 aromatic carbocycles. The van der Waals surface area contributed by atoms with Crippen molar-refractivity contribution in [2.45, 2.75) is 25.9 Å². The summed E-state index contributed by atoms with van der Waals surface area (Å²) in [6.07, 6.45) is 0.874. The smallest absolute Gasteiger partial charge is 0.325 e. The van der Waals surface area contributed by atoms with Gasteiger partial charge in [-0.25, -0.2) is 4.39 Å². The van der Waals surface area contributed by atoms with Crippen molar-refractivity contribution in [3.05, 3.63) is 65.0 Å². The van der Waals surface area contributed by atoms with Gasteiger partial charge in [-0.2, -0.15) is 0 Å². The molecule has 1 fully saturated rings. The Bertz CT molecular complexity index is 810. The lowest BCUT2D eigenvalue weighted by atomic mass is 10.0. The van der Waals surface area contributed by atoms with Gasteiger partial charge in [-0.1, -0.05) is 29.8 Å². The van der Waals surface area contributed by atoms with E-state index >= 15 is 0 Å². The number of carbonyl (C=O) groups is 1. The summed E-state index contributed by atoms with van der Waals surface area (Å²) in [7, 11) is 1.57. The average molecular weight is 386 g/mol. The van der Waals surface area contributed by atoms with E-state index in [0.29, 0.717) is 24.4 Å². The Hall–Kier alpha value is -2.44. The van der Waals surface area contributed by atoms with Gasteiger partial charge in [0.15, 0.2) is 0 Å². The highest BCUT2D eigenvalue weighted by Gasteiger charge is 2.31. The van der Waals surface area contributed by atoms with Crippen molar-refractivity contribution < 1.29 is 19.0 Å². The third-order valence-electron chi connectivity index (χ3n) is 5.22. The summed E-state index contributed by atoms with van der Waals surface area (Å²) >= 11 is 0. The van der Waals surface area contributed by atoms with Crippen LogP contribution >= 0.6 is 0 Å². The number of carboxylic acid groups (broad SMARTS) is 1. The van der Waals surface area contributed by atoms with Crippen molar-refractivity contribution in [3.63, 3.8) is 0 Å². The molecule has 0 saturated carbocycles. The number of ether oxygens (including phenoxy) is 1. The molecule has 150 valence electrons. The predicted octanol–water partition coefficient (Wildman–Crippen LogP) is 3.48. The molecule has 3 rings (SSSR count). The number of aryl methyl sites for hydroxylation is 1. The first-order valence-electron chi connectivity index (χ1n) is 9.56. The lowest BCUT2D eigenvalue weighted by molar-refractivity contribution is -0.143. The molecule has 1 unspecified atom stereocenters. The molecule has 28 heavy (non-hydrogen) atoms. The Kier molecular flexibility index (Phi) is 6.65. The van der Waals surface area contributed by atoms with E-state index in [-0.39, 0.29) is 5.82 Å². The number of carboxylic acids is 1. The summed E-state index contributed by atoms with van der Waals surface area (Å²) in [6.45, 7) is 5.68. The van der Waals surface area contributed by atoms with Crippen LogP contribution in [0.4, 0.5) is 4.39 Å². The Morgan fingerprint density at radius 3 is 2.57 bits per heavy atom. The molecule has 0 radical (unpaired) electrons. The number of methoxy groups -OCH3 is 1. The topological polar surface area (TPSA) is 53.0 Å². The Labute approximate surface area is 165 Å². The maximum absolute atomic E-state index is 13.1. The zero-order valence-corrected chi connectivity index (χ0v) is 16.4. The van der Waals surface area contributed by atoms with Crippen molar-refractivity contribution in [1.29, 1.82) is 0 Å². The van der Waals surface area contributed by atoms with E-state index in [9.17, 15) is 14.3 Å². The van der Waals surface area contributed by atoms with Crippen molar-refractivity contribution >= 4 is 5.97 Å². The van der Waals surface area contributed by atoms with Crippen molar-refractivity contribution in [3.8, 4) is 5.75 Å². The summed E-state index contributed by atoms with van der Waals surface area (Å²) in [5.41, 5.74) is 2.77. The number of hydrogen-bond donors (Lipinski definition) is 1. The van der Waals surface area contributed by atoms with Gasteiger partial charge < -0.3 is 9.84 Å². The largest absolute Gasteiger partial charge is 0.496 e. The number of rotatable bonds is 6. The van der Waals surface area contributed by atoms with Crippen LogP contribution in [-0.2, 0) is 11.3 Å². The zero-order chi connectivity index (χ0) is 20.1. The lowest BCUT2D eigenvalue weighted by Gasteiger charge is -2.29. The normalized spacial score (nSPS) is 17.1. The minimum absolute atomic E-state index is 0.234. The Morgan fingerprint density at radius 2 is 1.89 bits per heavy atom. The molecule has 0 aromatic heterocycles. The first-order valence-corrected chi connectivity index (χ1v) is 9.56. The lowest BCUT2D eigenvalue weighted by Crippen LogP contribution is -2.37. The second kappa shape index (κ2) is 9.17. The summed E-state index contributed by atoms with van der Waals surface area (Å²) in [5.74, 6) is -0.497. The first kappa shape index (κ1) is 20.3. The van der Waals surface area contributed by atoms with Gasteiger partial charge in [-0.05, 0) is 43.7 Å². The number of aliphatic carboxylic acids is 1. The quantitative estimate of drug-likeness (QED) is 0.824. The van der Waals surface area contributed by atoms with E-state index in [2.05, 4.69) is 4.90 Å². The summed E-state index contributed by atoms with van der Waals surface area (Å²) in [5, 5.41) is 9.96. The van der Waals surface area contributed by atoms with Crippen molar-refractivity contribution in [2.24, 2.45) is 0 Å². The van der Waals surface area contributed by atoms with E-state index in [0.717, 1.165) is 37.2 Å². The molecule has 1 atom stereocenters. The van der Waals surface area contributed by atoms with Gasteiger partial charge in [0.25, 0.3) is 0 Å². The van der Waals surface area contributed by atoms with E-state index in [1.54, 1.807) is 19.2 Å². The van der Waals surface area contributed by atoms with Gasteiger partial charge >= 0.3 is 5.97 Å². The molecule has 0 spiro atoms. The fraction of sp³-hybridized carbons (Fsp3) is 0.409. The van der Waals surface area contributed by atoms with Gasteiger partial charge in [-0.3, -0.25) is 14.6 Å². The van der Waals surface area contributed by atoms with Crippen LogP contribution in [0, 0.1) is 12.7 Å². The minimum atomic E-state index is -0.865. The molecule has 0 amide bonds. The van der Waals surface area contributed by atoms with Gasteiger partial charge in [0.1, 0.15) is 17.6 Å². The molecule has 1 aliphatic rings. The molecule has 1 saturated heterocycles. The molecule has 2 aromatic rings. The standard InChI is InChI=1S/C22H27FN2O3/c1-16-4-9-20(28-2)19(14-16)21(22(26)27)25-11-3-10-24(12-13-25)15-17-5-7-18(23)8-6-17/h4-9,14,21H,3,10-13,15H2,1-2H3,(H,26,27). The Morgan fingerprint density at radius 1 is 1.14 bits per heavy atom. The number of benzene rings is 2. The molecule has 6 heteroatoms. The van der Waals surface area contributed by atoms with Gasteiger partial charge in [-0.15, -0.1) is 0 Å². The fourth-order valence-corrected chi connectivity index (χ4v) is 3.81. The molecule has 0 aliphatic carbocycles. The highest BCUT2D eigenvalue weighted by molar-refractivity contribution is 5.77. The average Bonchev–Trinajstić information content (AvgIpc) is 2.89. The summed E-state index contributed by atoms with van der Waals surface area (Å²) < 4.78 is 18.5. The van der Waals surface area contributed by atoms with Gasteiger partial charge in [0.2, 0.25) is 0 Å². The van der Waals surface area contributed by atoms with Gasteiger partial charge in [0, 0.05) is 31.7 Å². The molecular formula is C22H27FN2O3. The van der Waals surface area contributed by atoms with Crippen LogP contribution in [-0.4, -0.2) is 54.2 Å². The zero-order valence-electron chi connectivity index (χ0n) is 16.4. The molecule has 1 N–H and O–H groups in total. The third-order valence-corrected chi connectivity index (χ3v) is 5.22. The number of halogens is 1. The fourth-order valence-electron chi connectivity index (χ4n) is 3.81. The second-order valence-electron chi connectivity index (χ2n) is 7.28. The monoisotopic (exact) mass is 386 g/mol. The van der Waals surface area contributed by atoms with Crippen LogP contribution in [0.1, 0.15) is 29.2 Å². The summed E-state index contributed by atoms with van der Waals surface area (Å²) in [4.78, 5) is 16.5. The van der Waals surface area contributed by atoms with E-state index < -0.39 is 12.0 Å². The summed E-state index contributed by atoms with van der Waals surface area (Å²) in [6, 6.07) is 11.5. The van der Waals surface area contributed by atoms with Gasteiger partial charge in [0.05, 0.1) is 7.11 Å². The molecule has 1 aliphatic heterocycles. The van der Waals surface area contributed by atoms with Crippen molar-refractivity contribution in [2.75, 3.05) is 33.3 Å². The second-order valence-corrected chi connectivity index (χ2v) is 7.28. The minimum Gasteiger partial charge on any atom is -0.496 e. The molecular weight excluding hydrogens is 359 g/mol. The van der Waals surface area contributed by atoms with Crippen LogP contribution in [0.15, 0.2) is 42.5 Å². The van der Waals surface area contributed by atoms with E-state index in [4.69, 9.17) is 4.74 Å². The third kappa shape index (κ3) is 4.88. The van der Waals surface area contributed by atoms with Crippen LogP contribution in [0.3, 0.4) is 0 Å². The van der Waals surface area contributed by atoms with E-state index in [1.807, 2.05) is 30.0 Å². The van der Waals surface area contributed by atoms with Crippen LogP contribution in [0.25, 0.3) is 0 Å². The van der Waals surface area contributed by atoms with E-state index in [1.165, 1.54) is 12.1 Å². The maximum atomic E-state index is 13.1. The molecule has 0 bridgehead atoms. The molecule has 1 heterocycles. The Balaban J connectivity index is 1.74. The maximum Gasteiger partial charge on any atom is 0.325 e. The van der Waals surface area contributed by atoms with Crippen molar-refractivity contribution in [1.82, 2.24) is 9.80 Å². The SMILES string of the molecule is COc1ccc(C)cc1C(C(=O)O)N1CCCN(Cc2ccc(F)cc2)CC1. The number of hydrogen-bond acceptors (Lipinski definition) is 4.